The summed E-state index contributed by atoms with van der Waals surface area (Å²) < 4.78 is 5.40. The molecule has 1 fully saturated rings. The van der Waals surface area contributed by atoms with Crippen LogP contribution in [0.4, 0.5) is 0 Å². The Hall–Kier alpha value is -2.10. The Morgan fingerprint density at radius 2 is 2.05 bits per heavy atom. The first-order valence-electron chi connectivity index (χ1n) is 7.90. The third-order valence-corrected chi connectivity index (χ3v) is 4.27. The van der Waals surface area contributed by atoms with E-state index in [1.807, 2.05) is 42.2 Å². The Kier molecular flexibility index (Phi) is 4.01. The van der Waals surface area contributed by atoms with Crippen LogP contribution < -0.4 is 0 Å². The molecule has 3 rings (SSSR count). The number of likely N-dealkylation sites (tertiary alicyclic amines) is 1. The van der Waals surface area contributed by atoms with Gasteiger partial charge in [-0.2, -0.15) is 0 Å². The van der Waals surface area contributed by atoms with Gasteiger partial charge < -0.3 is 9.42 Å². The molecule has 1 saturated heterocycles. The Morgan fingerprint density at radius 1 is 1.32 bits per heavy atom. The number of carbonyl (C=O) groups is 1. The predicted molar refractivity (Wildman–Crippen MR) is 84.8 cm³/mol. The van der Waals surface area contributed by atoms with Crippen LogP contribution in [0.5, 0.6) is 0 Å². The van der Waals surface area contributed by atoms with Gasteiger partial charge in [0.05, 0.1) is 6.04 Å². The summed E-state index contributed by atoms with van der Waals surface area (Å²) in [7, 11) is 0. The molecule has 1 aliphatic heterocycles. The molecule has 0 aliphatic carbocycles. The van der Waals surface area contributed by atoms with Crippen LogP contribution in [0, 0.1) is 6.92 Å². The lowest BCUT2D eigenvalue weighted by Gasteiger charge is -2.23. The highest BCUT2D eigenvalue weighted by Gasteiger charge is 2.32. The Bertz CT molecular complexity index is 658. The maximum absolute atomic E-state index is 12.8. The van der Waals surface area contributed by atoms with Crippen molar-refractivity contribution in [3.63, 3.8) is 0 Å². The largest absolute Gasteiger partial charge is 0.361 e. The third-order valence-electron chi connectivity index (χ3n) is 4.27. The second-order valence-electron chi connectivity index (χ2n) is 6.33. The molecule has 0 saturated carbocycles. The summed E-state index contributed by atoms with van der Waals surface area (Å²) in [5.74, 6) is 1.27. The van der Waals surface area contributed by atoms with Gasteiger partial charge in [-0.25, -0.2) is 0 Å². The van der Waals surface area contributed by atoms with Gasteiger partial charge in [-0.15, -0.1) is 0 Å². The predicted octanol–water partition coefficient (Wildman–Crippen LogP) is 4.08. The van der Waals surface area contributed by atoms with E-state index < -0.39 is 0 Å². The van der Waals surface area contributed by atoms with Crippen LogP contribution in [0.2, 0.25) is 0 Å². The topological polar surface area (TPSA) is 46.3 Å². The molecule has 1 aliphatic rings. The highest BCUT2D eigenvalue weighted by Crippen LogP contribution is 2.33. The fourth-order valence-electron chi connectivity index (χ4n) is 2.91. The molecule has 0 spiro atoms. The van der Waals surface area contributed by atoms with Gasteiger partial charge in [0.15, 0.2) is 0 Å². The summed E-state index contributed by atoms with van der Waals surface area (Å²) in [4.78, 5) is 14.7. The second kappa shape index (κ2) is 5.95. The zero-order valence-corrected chi connectivity index (χ0v) is 13.4. The highest BCUT2D eigenvalue weighted by atomic mass is 16.5. The Labute approximate surface area is 131 Å². The van der Waals surface area contributed by atoms with Crippen molar-refractivity contribution in [2.75, 3.05) is 6.54 Å². The van der Waals surface area contributed by atoms with Crippen LogP contribution in [-0.4, -0.2) is 22.5 Å². The number of hydrogen-bond donors (Lipinski definition) is 0. The first-order valence-corrected chi connectivity index (χ1v) is 7.90. The van der Waals surface area contributed by atoms with E-state index in [9.17, 15) is 4.79 Å². The molecule has 2 heterocycles. The minimum absolute atomic E-state index is 0.0325. The van der Waals surface area contributed by atoms with Crippen molar-refractivity contribution in [1.82, 2.24) is 10.1 Å². The van der Waals surface area contributed by atoms with E-state index in [1.165, 1.54) is 0 Å². The minimum atomic E-state index is 0.0325. The van der Waals surface area contributed by atoms with Crippen LogP contribution in [0.1, 0.15) is 66.0 Å². The van der Waals surface area contributed by atoms with Crippen molar-refractivity contribution in [2.24, 2.45) is 0 Å². The lowest BCUT2D eigenvalue weighted by Crippen LogP contribution is -2.30. The summed E-state index contributed by atoms with van der Waals surface area (Å²) in [5, 5.41) is 4.19. The van der Waals surface area contributed by atoms with Crippen molar-refractivity contribution in [3.8, 4) is 0 Å². The van der Waals surface area contributed by atoms with Crippen LogP contribution in [0.15, 0.2) is 34.9 Å². The van der Waals surface area contributed by atoms with Crippen LogP contribution in [0.25, 0.3) is 0 Å². The number of rotatable bonds is 3. The average molecular weight is 298 g/mol. The molecule has 1 amide bonds. The Morgan fingerprint density at radius 3 is 2.68 bits per heavy atom. The average Bonchev–Trinajstić information content (AvgIpc) is 3.16. The molecule has 22 heavy (non-hydrogen) atoms. The van der Waals surface area contributed by atoms with E-state index in [0.717, 1.165) is 42.0 Å². The number of aryl methyl sites for hydroxylation is 1. The van der Waals surface area contributed by atoms with Gasteiger partial charge in [0.1, 0.15) is 11.5 Å². The van der Waals surface area contributed by atoms with Crippen molar-refractivity contribution >= 4 is 5.91 Å². The van der Waals surface area contributed by atoms with Gasteiger partial charge in [-0.1, -0.05) is 36.7 Å². The quantitative estimate of drug-likeness (QED) is 0.857. The molecule has 1 aromatic heterocycles. The molecule has 0 bridgehead atoms. The molecular weight excluding hydrogens is 276 g/mol. The number of aromatic nitrogens is 1. The van der Waals surface area contributed by atoms with Gasteiger partial charge in [-0.05, 0) is 31.9 Å². The number of amides is 1. The molecule has 1 unspecified atom stereocenters. The molecule has 1 aromatic carbocycles. The summed E-state index contributed by atoms with van der Waals surface area (Å²) in [6.45, 7) is 6.96. The Balaban J connectivity index is 1.83. The highest BCUT2D eigenvalue weighted by molar-refractivity contribution is 5.94. The SMILES string of the molecule is Cc1ccc(C(=O)N2CCCC2c2cc(C(C)C)on2)cc1. The van der Waals surface area contributed by atoms with Crippen LogP contribution >= 0.6 is 0 Å². The van der Waals surface area contributed by atoms with Crippen LogP contribution in [0.3, 0.4) is 0 Å². The number of hydrogen-bond acceptors (Lipinski definition) is 3. The van der Waals surface area contributed by atoms with Gasteiger partial charge in [0.2, 0.25) is 0 Å². The zero-order chi connectivity index (χ0) is 15.7. The summed E-state index contributed by atoms with van der Waals surface area (Å²) in [6.07, 6.45) is 1.95. The molecule has 2 aromatic rings. The van der Waals surface area contributed by atoms with E-state index in [0.29, 0.717) is 5.92 Å². The minimum Gasteiger partial charge on any atom is -0.361 e. The molecule has 116 valence electrons. The fourth-order valence-corrected chi connectivity index (χ4v) is 2.91. The smallest absolute Gasteiger partial charge is 0.254 e. The molecule has 4 nitrogen and oxygen atoms in total. The van der Waals surface area contributed by atoms with Crippen molar-refractivity contribution < 1.29 is 9.32 Å². The van der Waals surface area contributed by atoms with E-state index in [4.69, 9.17) is 4.52 Å². The zero-order valence-electron chi connectivity index (χ0n) is 13.4. The molecule has 0 N–H and O–H groups in total. The summed E-state index contributed by atoms with van der Waals surface area (Å²) in [6, 6.07) is 9.78. The van der Waals surface area contributed by atoms with Gasteiger partial charge >= 0.3 is 0 Å². The first-order chi connectivity index (χ1) is 10.6. The van der Waals surface area contributed by atoms with Crippen molar-refractivity contribution in [3.05, 3.63) is 52.9 Å². The first kappa shape index (κ1) is 14.8. The van der Waals surface area contributed by atoms with Gasteiger partial charge in [-0.3, -0.25) is 4.79 Å². The van der Waals surface area contributed by atoms with E-state index >= 15 is 0 Å². The molecule has 1 atom stereocenters. The van der Waals surface area contributed by atoms with Crippen molar-refractivity contribution in [1.29, 1.82) is 0 Å². The molecule has 0 radical (unpaired) electrons. The van der Waals surface area contributed by atoms with E-state index in [-0.39, 0.29) is 11.9 Å². The number of carbonyl (C=O) groups excluding carboxylic acids is 1. The van der Waals surface area contributed by atoms with Crippen molar-refractivity contribution in [2.45, 2.75) is 45.6 Å². The van der Waals surface area contributed by atoms with Crippen LogP contribution in [-0.2, 0) is 0 Å². The number of benzene rings is 1. The van der Waals surface area contributed by atoms with E-state index in [2.05, 4.69) is 19.0 Å². The number of nitrogens with zero attached hydrogens (tertiary/aromatic N) is 2. The lowest BCUT2D eigenvalue weighted by atomic mass is 10.1. The normalized spacial score (nSPS) is 18.2. The fraction of sp³-hybridized carbons (Fsp3) is 0.444. The molecular formula is C18H22N2O2. The maximum atomic E-state index is 12.8. The monoisotopic (exact) mass is 298 g/mol. The summed E-state index contributed by atoms with van der Waals surface area (Å²) in [5.41, 5.74) is 2.78. The lowest BCUT2D eigenvalue weighted by molar-refractivity contribution is 0.0731. The maximum Gasteiger partial charge on any atom is 0.254 e. The van der Waals surface area contributed by atoms with Gasteiger partial charge in [0, 0.05) is 24.1 Å². The van der Waals surface area contributed by atoms with E-state index in [1.54, 1.807) is 0 Å². The van der Waals surface area contributed by atoms with Gasteiger partial charge in [0.25, 0.3) is 5.91 Å². The standard InChI is InChI=1S/C18H22N2O2/c1-12(2)17-11-15(19-22-17)16-5-4-10-20(16)18(21)14-8-6-13(3)7-9-14/h6-9,11-12,16H,4-5,10H2,1-3H3. The second-order valence-corrected chi connectivity index (χ2v) is 6.33. The molecule has 4 heteroatoms. The summed E-state index contributed by atoms with van der Waals surface area (Å²) >= 11 is 0. The third kappa shape index (κ3) is 2.78.